The summed E-state index contributed by atoms with van der Waals surface area (Å²) in [6.07, 6.45) is 0. The van der Waals surface area contributed by atoms with Crippen molar-refractivity contribution < 1.29 is 4.79 Å². The number of hydrogen-bond donors (Lipinski definition) is 1. The zero-order valence-corrected chi connectivity index (χ0v) is 8.95. The van der Waals surface area contributed by atoms with E-state index in [4.69, 9.17) is 0 Å². The molecule has 0 aliphatic carbocycles. The molecule has 0 radical (unpaired) electrons. The van der Waals surface area contributed by atoms with Gasteiger partial charge >= 0.3 is 0 Å². The van der Waals surface area contributed by atoms with Crippen molar-refractivity contribution >= 4 is 5.78 Å². The largest absolute Gasteiger partial charge is 0.307 e. The Labute approximate surface area is 85.3 Å². The molecule has 1 aromatic carbocycles. The molecule has 0 aromatic heterocycles. The van der Waals surface area contributed by atoms with Crippen molar-refractivity contribution in [3.05, 3.63) is 35.9 Å². The highest BCUT2D eigenvalue weighted by Gasteiger charge is 2.20. The maximum Gasteiger partial charge on any atom is 0.156 e. The van der Waals surface area contributed by atoms with Crippen LogP contribution >= 0.6 is 0 Å². The summed E-state index contributed by atoms with van der Waals surface area (Å²) in [6, 6.07) is 9.63. The van der Waals surface area contributed by atoms with Gasteiger partial charge in [-0.25, -0.2) is 0 Å². The minimum Gasteiger partial charge on any atom is -0.307 e. The van der Waals surface area contributed by atoms with Gasteiger partial charge in [0, 0.05) is 5.92 Å². The second-order valence-electron chi connectivity index (χ2n) is 3.69. The molecule has 2 heteroatoms. The SMILES string of the molecule is CNC(C(=O)C(C)C)c1ccccc1. The first-order chi connectivity index (χ1) is 6.66. The predicted molar refractivity (Wildman–Crippen MR) is 58.1 cm³/mol. The van der Waals surface area contributed by atoms with Crippen LogP contribution in [0.4, 0.5) is 0 Å². The van der Waals surface area contributed by atoms with E-state index >= 15 is 0 Å². The molecule has 0 bridgehead atoms. The van der Waals surface area contributed by atoms with Crippen molar-refractivity contribution in [1.29, 1.82) is 0 Å². The molecule has 0 spiro atoms. The van der Waals surface area contributed by atoms with Crippen LogP contribution in [-0.4, -0.2) is 12.8 Å². The number of carbonyl (C=O) groups is 1. The second kappa shape index (κ2) is 4.91. The topological polar surface area (TPSA) is 29.1 Å². The van der Waals surface area contributed by atoms with Gasteiger partial charge in [-0.15, -0.1) is 0 Å². The van der Waals surface area contributed by atoms with Crippen LogP contribution in [0, 0.1) is 5.92 Å². The summed E-state index contributed by atoms with van der Waals surface area (Å²) in [7, 11) is 1.82. The fourth-order valence-corrected chi connectivity index (χ4v) is 1.45. The van der Waals surface area contributed by atoms with E-state index in [1.807, 2.05) is 51.2 Å². The Morgan fingerprint density at radius 2 is 1.79 bits per heavy atom. The van der Waals surface area contributed by atoms with E-state index in [9.17, 15) is 4.79 Å². The van der Waals surface area contributed by atoms with Crippen LogP contribution in [0.25, 0.3) is 0 Å². The Hall–Kier alpha value is -1.15. The summed E-state index contributed by atoms with van der Waals surface area (Å²) in [6.45, 7) is 3.85. The fourth-order valence-electron chi connectivity index (χ4n) is 1.45. The first-order valence-corrected chi connectivity index (χ1v) is 4.92. The highest BCUT2D eigenvalue weighted by atomic mass is 16.1. The third kappa shape index (κ3) is 2.42. The molecule has 1 rings (SSSR count). The lowest BCUT2D eigenvalue weighted by atomic mass is 9.96. The third-order valence-corrected chi connectivity index (χ3v) is 2.28. The fraction of sp³-hybridized carbons (Fsp3) is 0.417. The van der Waals surface area contributed by atoms with E-state index in [-0.39, 0.29) is 17.7 Å². The van der Waals surface area contributed by atoms with E-state index < -0.39 is 0 Å². The third-order valence-electron chi connectivity index (χ3n) is 2.28. The van der Waals surface area contributed by atoms with Crippen molar-refractivity contribution in [3.63, 3.8) is 0 Å². The molecule has 0 amide bonds. The summed E-state index contributed by atoms with van der Waals surface area (Å²) in [5, 5.41) is 3.05. The second-order valence-corrected chi connectivity index (χ2v) is 3.69. The van der Waals surface area contributed by atoms with Crippen molar-refractivity contribution in [2.75, 3.05) is 7.05 Å². The molecular formula is C12H17NO. The quantitative estimate of drug-likeness (QED) is 0.790. The zero-order valence-electron chi connectivity index (χ0n) is 8.95. The molecule has 2 nitrogen and oxygen atoms in total. The van der Waals surface area contributed by atoms with Gasteiger partial charge in [0.05, 0.1) is 6.04 Å². The molecule has 0 fully saturated rings. The average molecular weight is 191 g/mol. The van der Waals surface area contributed by atoms with E-state index in [1.165, 1.54) is 0 Å². The molecular weight excluding hydrogens is 174 g/mol. The molecule has 0 saturated carbocycles. The molecule has 0 saturated heterocycles. The van der Waals surface area contributed by atoms with E-state index in [0.717, 1.165) is 5.56 Å². The van der Waals surface area contributed by atoms with Gasteiger partial charge in [-0.05, 0) is 12.6 Å². The number of hydrogen-bond acceptors (Lipinski definition) is 2. The normalized spacial score (nSPS) is 12.9. The van der Waals surface area contributed by atoms with Crippen molar-refractivity contribution in [2.45, 2.75) is 19.9 Å². The molecule has 1 aromatic rings. The van der Waals surface area contributed by atoms with Crippen LogP contribution in [0.3, 0.4) is 0 Å². The van der Waals surface area contributed by atoms with E-state index in [1.54, 1.807) is 0 Å². The number of ketones is 1. The monoisotopic (exact) mass is 191 g/mol. The molecule has 1 N–H and O–H groups in total. The summed E-state index contributed by atoms with van der Waals surface area (Å²) in [4.78, 5) is 11.8. The molecule has 1 atom stereocenters. The van der Waals surface area contributed by atoms with Gasteiger partial charge in [0.1, 0.15) is 0 Å². The molecule has 1 unspecified atom stereocenters. The number of benzene rings is 1. The molecule has 0 aliphatic heterocycles. The first-order valence-electron chi connectivity index (χ1n) is 4.92. The maximum absolute atomic E-state index is 11.8. The molecule has 0 aliphatic rings. The standard InChI is InChI=1S/C12H17NO/c1-9(2)12(14)11(13-3)10-7-5-4-6-8-10/h4-9,11,13H,1-3H3. The van der Waals surface area contributed by atoms with Crippen LogP contribution in [0.1, 0.15) is 25.5 Å². The number of rotatable bonds is 4. The van der Waals surface area contributed by atoms with Crippen molar-refractivity contribution in [1.82, 2.24) is 5.32 Å². The molecule has 76 valence electrons. The van der Waals surface area contributed by atoms with Gasteiger partial charge in [-0.3, -0.25) is 4.79 Å². The van der Waals surface area contributed by atoms with Crippen LogP contribution in [0.15, 0.2) is 30.3 Å². The predicted octanol–water partition coefficient (Wildman–Crippen LogP) is 2.17. The Morgan fingerprint density at radius 3 is 2.21 bits per heavy atom. The van der Waals surface area contributed by atoms with Crippen LogP contribution < -0.4 is 5.32 Å². The van der Waals surface area contributed by atoms with Gasteiger partial charge in [0.15, 0.2) is 5.78 Å². The smallest absolute Gasteiger partial charge is 0.156 e. The van der Waals surface area contributed by atoms with Crippen molar-refractivity contribution in [3.8, 4) is 0 Å². The summed E-state index contributed by atoms with van der Waals surface area (Å²) in [5.41, 5.74) is 1.04. The van der Waals surface area contributed by atoms with Crippen LogP contribution in [0.5, 0.6) is 0 Å². The number of carbonyl (C=O) groups excluding carboxylic acids is 1. The van der Waals surface area contributed by atoms with Gasteiger partial charge in [0.25, 0.3) is 0 Å². The molecule has 0 heterocycles. The minimum absolute atomic E-state index is 0.0626. The summed E-state index contributed by atoms with van der Waals surface area (Å²) >= 11 is 0. The van der Waals surface area contributed by atoms with Crippen molar-refractivity contribution in [2.24, 2.45) is 5.92 Å². The number of likely N-dealkylation sites (N-methyl/N-ethyl adjacent to an activating group) is 1. The molecule has 14 heavy (non-hydrogen) atoms. The highest BCUT2D eigenvalue weighted by Crippen LogP contribution is 2.16. The Bertz CT molecular complexity index is 292. The zero-order chi connectivity index (χ0) is 10.6. The number of Topliss-reactive ketones (excluding diaryl/α,β-unsaturated/α-hetero) is 1. The maximum atomic E-state index is 11.8. The average Bonchev–Trinajstić information content (AvgIpc) is 2.20. The number of nitrogens with one attached hydrogen (secondary N) is 1. The van der Waals surface area contributed by atoms with Gasteiger partial charge in [-0.2, -0.15) is 0 Å². The Kier molecular flexibility index (Phi) is 3.84. The Balaban J connectivity index is 2.88. The minimum atomic E-state index is -0.170. The lowest BCUT2D eigenvalue weighted by Gasteiger charge is -2.17. The lowest BCUT2D eigenvalue weighted by Crippen LogP contribution is -2.28. The first kappa shape index (κ1) is 10.9. The Morgan fingerprint density at radius 1 is 1.21 bits per heavy atom. The van der Waals surface area contributed by atoms with Gasteiger partial charge in [0.2, 0.25) is 0 Å². The lowest BCUT2D eigenvalue weighted by molar-refractivity contribution is -0.124. The van der Waals surface area contributed by atoms with E-state index in [2.05, 4.69) is 5.32 Å². The van der Waals surface area contributed by atoms with Gasteiger partial charge < -0.3 is 5.32 Å². The van der Waals surface area contributed by atoms with E-state index in [0.29, 0.717) is 0 Å². The summed E-state index contributed by atoms with van der Waals surface area (Å²) in [5.74, 6) is 0.298. The van der Waals surface area contributed by atoms with Crippen LogP contribution in [0.2, 0.25) is 0 Å². The highest BCUT2D eigenvalue weighted by molar-refractivity contribution is 5.86. The van der Waals surface area contributed by atoms with Gasteiger partial charge in [-0.1, -0.05) is 44.2 Å². The summed E-state index contributed by atoms with van der Waals surface area (Å²) < 4.78 is 0. The van der Waals surface area contributed by atoms with Crippen LogP contribution in [-0.2, 0) is 4.79 Å².